The zero-order chi connectivity index (χ0) is 31.1. The van der Waals surface area contributed by atoms with Gasteiger partial charge in [-0.25, -0.2) is 9.97 Å². The van der Waals surface area contributed by atoms with Gasteiger partial charge in [-0.2, -0.15) is 0 Å². The molecule has 2 aromatic heterocycles. The number of rotatable bonds is 8. The number of aryl methyl sites for hydroxylation is 2. The first-order valence-corrected chi connectivity index (χ1v) is 15.7. The third-order valence-electron chi connectivity index (χ3n) is 9.18. The van der Waals surface area contributed by atoms with Crippen LogP contribution in [0.5, 0.6) is 11.5 Å². The van der Waals surface area contributed by atoms with E-state index in [9.17, 15) is 14.4 Å². The number of methoxy groups -OCH3 is 2. The van der Waals surface area contributed by atoms with Crippen LogP contribution in [0.1, 0.15) is 64.2 Å². The summed E-state index contributed by atoms with van der Waals surface area (Å²) in [7, 11) is 3.24. The van der Waals surface area contributed by atoms with E-state index in [1.54, 1.807) is 18.8 Å². The zero-order valence-electron chi connectivity index (χ0n) is 25.7. The van der Waals surface area contributed by atoms with E-state index in [0.717, 1.165) is 78.6 Å². The highest BCUT2D eigenvalue weighted by Crippen LogP contribution is 2.28. The Morgan fingerprint density at radius 2 is 1.16 bits per heavy atom. The number of ketones is 1. The number of nitrogens with zero attached hydrogens (tertiary/aromatic N) is 4. The molecule has 2 aliphatic carbocycles. The van der Waals surface area contributed by atoms with Gasteiger partial charge in [0.05, 0.1) is 48.7 Å². The Bertz CT molecular complexity index is 1700. The van der Waals surface area contributed by atoms with Gasteiger partial charge < -0.3 is 24.3 Å². The lowest BCUT2D eigenvalue weighted by Crippen LogP contribution is -2.28. The number of fused-ring (bicyclic) bond motifs is 2. The zero-order valence-corrected chi connectivity index (χ0v) is 25.7. The predicted molar refractivity (Wildman–Crippen MR) is 171 cm³/mol. The Morgan fingerprint density at radius 1 is 0.705 bits per heavy atom. The first kappa shape index (κ1) is 31.4. The summed E-state index contributed by atoms with van der Waals surface area (Å²) >= 11 is 0. The van der Waals surface area contributed by atoms with Crippen LogP contribution in [0.4, 0.5) is 0 Å². The summed E-state index contributed by atoms with van der Waals surface area (Å²) in [6, 6.07) is 11.6. The van der Waals surface area contributed by atoms with Crippen LogP contribution >= 0.6 is 0 Å². The van der Waals surface area contributed by atoms with Crippen LogP contribution in [0.15, 0.2) is 58.4 Å². The number of benzene rings is 2. The molecule has 2 N–H and O–H groups in total. The lowest BCUT2D eigenvalue weighted by atomic mass is 9.84. The summed E-state index contributed by atoms with van der Waals surface area (Å²) in [4.78, 5) is 44.1. The number of carbonyl (C=O) groups is 1. The van der Waals surface area contributed by atoms with Gasteiger partial charge in [0.25, 0.3) is 11.1 Å². The molecule has 2 aliphatic rings. The highest BCUT2D eigenvalue weighted by Gasteiger charge is 2.20. The van der Waals surface area contributed by atoms with Crippen molar-refractivity contribution in [2.75, 3.05) is 14.2 Å². The number of hydrogen-bond donors (Lipinski definition) is 1. The van der Waals surface area contributed by atoms with E-state index >= 15 is 0 Å². The molecule has 2 saturated carbocycles. The highest BCUT2D eigenvalue weighted by atomic mass is 16.5. The van der Waals surface area contributed by atoms with Crippen molar-refractivity contribution in [1.29, 1.82) is 0 Å². The summed E-state index contributed by atoms with van der Waals surface area (Å²) < 4.78 is 14.1. The SMILES string of the molecule is COc1ccc2ncc(=O)n(CCC3CCC(=O)CC3)c2c1.COc1ccc2ncc(=O)n(CCC3CCC(N)CC3)c2c1. The molecular weight excluding hydrogens is 558 g/mol. The molecule has 0 saturated heterocycles. The second-order valence-electron chi connectivity index (χ2n) is 12.0. The van der Waals surface area contributed by atoms with Crippen molar-refractivity contribution in [2.45, 2.75) is 83.3 Å². The molecule has 0 radical (unpaired) electrons. The molecule has 10 nitrogen and oxygen atoms in total. The van der Waals surface area contributed by atoms with Crippen molar-refractivity contribution in [3.63, 3.8) is 0 Å². The summed E-state index contributed by atoms with van der Waals surface area (Å²) in [5.41, 5.74) is 9.09. The summed E-state index contributed by atoms with van der Waals surface area (Å²) in [6.07, 6.45) is 12.5. The van der Waals surface area contributed by atoms with Crippen LogP contribution < -0.4 is 26.3 Å². The maximum atomic E-state index is 12.2. The van der Waals surface area contributed by atoms with Crippen molar-refractivity contribution in [1.82, 2.24) is 19.1 Å². The minimum Gasteiger partial charge on any atom is -0.497 e. The second kappa shape index (κ2) is 14.6. The first-order chi connectivity index (χ1) is 21.3. The monoisotopic (exact) mass is 601 g/mol. The number of nitrogens with two attached hydrogens (primary N) is 1. The van der Waals surface area contributed by atoms with Crippen molar-refractivity contribution in [2.24, 2.45) is 17.6 Å². The average molecular weight is 602 g/mol. The highest BCUT2D eigenvalue weighted by molar-refractivity contribution is 5.79. The standard InChI is InChI=1S/C17H23N3O2.C17H20N2O3/c1-22-14-6-7-15-16(10-14)20(17(21)11-19-15)9-8-12-2-4-13(18)5-3-12;1-22-14-6-7-15-16(10-14)19(17(21)11-18-15)9-8-12-2-4-13(20)5-3-12/h6-7,10-13H,2-5,8-9,18H2,1H3;6-7,10-12H,2-5,8-9H2,1H3. The lowest BCUT2D eigenvalue weighted by molar-refractivity contribution is -0.121. The van der Waals surface area contributed by atoms with Crippen molar-refractivity contribution < 1.29 is 14.3 Å². The molecule has 6 rings (SSSR count). The predicted octanol–water partition coefficient (Wildman–Crippen LogP) is 4.87. The van der Waals surface area contributed by atoms with Crippen molar-refractivity contribution >= 4 is 27.9 Å². The Kier molecular flexibility index (Phi) is 10.4. The van der Waals surface area contributed by atoms with Gasteiger partial charge in [0.15, 0.2) is 0 Å². The molecule has 44 heavy (non-hydrogen) atoms. The van der Waals surface area contributed by atoms with E-state index in [2.05, 4.69) is 9.97 Å². The van der Waals surface area contributed by atoms with Gasteiger partial charge in [-0.1, -0.05) is 0 Å². The van der Waals surface area contributed by atoms with E-state index in [4.69, 9.17) is 15.2 Å². The molecule has 0 spiro atoms. The van der Waals surface area contributed by atoms with E-state index in [1.165, 1.54) is 25.2 Å². The second-order valence-corrected chi connectivity index (χ2v) is 12.0. The molecular formula is C34H43N5O5. The maximum Gasteiger partial charge on any atom is 0.269 e. The molecule has 0 atom stereocenters. The minimum absolute atomic E-state index is 0.0479. The first-order valence-electron chi connectivity index (χ1n) is 15.7. The number of aromatic nitrogens is 4. The maximum absolute atomic E-state index is 12.2. The van der Waals surface area contributed by atoms with E-state index in [0.29, 0.717) is 43.0 Å². The van der Waals surface area contributed by atoms with Gasteiger partial charge in [0.1, 0.15) is 17.3 Å². The normalized spacial score (nSPS) is 19.0. The Labute approximate surface area is 257 Å². The topological polar surface area (TPSA) is 131 Å². The van der Waals surface area contributed by atoms with Crippen LogP contribution in [0.25, 0.3) is 22.1 Å². The third-order valence-corrected chi connectivity index (χ3v) is 9.18. The van der Waals surface area contributed by atoms with Gasteiger partial charge in [-0.15, -0.1) is 0 Å². The summed E-state index contributed by atoms with van der Waals surface area (Å²) in [5.74, 6) is 3.03. The van der Waals surface area contributed by atoms with Crippen LogP contribution in [-0.4, -0.2) is 45.1 Å². The molecule has 2 aromatic carbocycles. The summed E-state index contributed by atoms with van der Waals surface area (Å²) in [6.45, 7) is 1.38. The fourth-order valence-electron chi connectivity index (χ4n) is 6.39. The Balaban J connectivity index is 0.000000175. The summed E-state index contributed by atoms with van der Waals surface area (Å²) in [5, 5.41) is 0. The number of hydrogen-bond acceptors (Lipinski definition) is 8. The van der Waals surface area contributed by atoms with Gasteiger partial charge in [-0.3, -0.25) is 14.4 Å². The van der Waals surface area contributed by atoms with Crippen LogP contribution in [0, 0.1) is 11.8 Å². The Morgan fingerprint density at radius 3 is 1.61 bits per heavy atom. The van der Waals surface area contributed by atoms with Crippen molar-refractivity contribution in [3.8, 4) is 11.5 Å². The average Bonchev–Trinajstić information content (AvgIpc) is 3.05. The van der Waals surface area contributed by atoms with Crippen LogP contribution in [0.3, 0.4) is 0 Å². The number of carbonyl (C=O) groups excluding carboxylic acids is 1. The van der Waals surface area contributed by atoms with Crippen LogP contribution in [0.2, 0.25) is 0 Å². The number of Topliss-reactive ketones (excluding diaryl/α,β-unsaturated/α-hetero) is 1. The van der Waals surface area contributed by atoms with Gasteiger partial charge in [0.2, 0.25) is 0 Å². The Hall–Kier alpha value is -4.05. The van der Waals surface area contributed by atoms with Gasteiger partial charge >= 0.3 is 0 Å². The molecule has 234 valence electrons. The lowest BCUT2D eigenvalue weighted by Gasteiger charge is -2.26. The quantitative estimate of drug-likeness (QED) is 0.303. The largest absolute Gasteiger partial charge is 0.497 e. The molecule has 2 heterocycles. The van der Waals surface area contributed by atoms with Gasteiger partial charge in [0, 0.05) is 44.1 Å². The molecule has 0 amide bonds. The fraction of sp³-hybridized carbons (Fsp3) is 0.500. The van der Waals surface area contributed by atoms with Crippen molar-refractivity contribution in [3.05, 3.63) is 69.5 Å². The minimum atomic E-state index is -0.0901. The molecule has 0 unspecified atom stereocenters. The van der Waals surface area contributed by atoms with Gasteiger partial charge in [-0.05, 0) is 87.5 Å². The van der Waals surface area contributed by atoms with E-state index in [1.807, 2.05) is 41.0 Å². The van der Waals surface area contributed by atoms with E-state index < -0.39 is 0 Å². The molecule has 0 bridgehead atoms. The third kappa shape index (κ3) is 7.72. The fourth-order valence-corrected chi connectivity index (χ4v) is 6.39. The van der Waals surface area contributed by atoms with Crippen LogP contribution in [-0.2, 0) is 17.9 Å². The molecule has 4 aromatic rings. The molecule has 10 heteroatoms. The molecule has 0 aliphatic heterocycles. The van der Waals surface area contributed by atoms with E-state index in [-0.39, 0.29) is 11.1 Å². The molecule has 2 fully saturated rings. The smallest absolute Gasteiger partial charge is 0.269 e. The number of ether oxygens (including phenoxy) is 2.